The number of rotatable bonds is 5. The van der Waals surface area contributed by atoms with Gasteiger partial charge in [0.25, 0.3) is 0 Å². The highest BCUT2D eigenvalue weighted by Crippen LogP contribution is 2.68. The Labute approximate surface area is 423 Å². The summed E-state index contributed by atoms with van der Waals surface area (Å²) >= 11 is 0. The van der Waals surface area contributed by atoms with E-state index >= 15 is 0 Å². The number of hydrogen-bond donors (Lipinski definition) is 0. The van der Waals surface area contributed by atoms with Crippen LogP contribution in [0.3, 0.4) is 0 Å². The van der Waals surface area contributed by atoms with Crippen LogP contribution in [0.25, 0.3) is 76.9 Å². The van der Waals surface area contributed by atoms with E-state index in [4.69, 9.17) is 4.42 Å². The van der Waals surface area contributed by atoms with Crippen LogP contribution in [0.4, 0.5) is 22.7 Å². The van der Waals surface area contributed by atoms with Gasteiger partial charge in [0, 0.05) is 38.9 Å². The van der Waals surface area contributed by atoms with Crippen molar-refractivity contribution in [3.8, 4) is 33.4 Å². The third kappa shape index (κ3) is 5.33. The number of furan rings is 1. The fraction of sp³-hybridized carbons (Fsp3) is 0.0286. The van der Waals surface area contributed by atoms with Gasteiger partial charge in [-0.15, -0.1) is 0 Å². The summed E-state index contributed by atoms with van der Waals surface area (Å²) in [5.41, 5.74) is 19.6. The molecule has 73 heavy (non-hydrogen) atoms. The molecule has 0 atom stereocenters. The third-order valence-corrected chi connectivity index (χ3v) is 16.4. The number of benzene rings is 12. The fourth-order valence-electron chi connectivity index (χ4n) is 13.6. The van der Waals surface area contributed by atoms with E-state index in [0.29, 0.717) is 0 Å². The van der Waals surface area contributed by atoms with Crippen LogP contribution in [0.2, 0.25) is 0 Å². The molecule has 0 amide bonds. The molecule has 0 N–H and O–H groups in total. The van der Waals surface area contributed by atoms with E-state index in [2.05, 4.69) is 277 Å². The van der Waals surface area contributed by atoms with E-state index in [1.807, 2.05) is 0 Å². The van der Waals surface area contributed by atoms with E-state index in [0.717, 1.165) is 50.1 Å². The zero-order valence-corrected chi connectivity index (χ0v) is 39.7. The Hall–Kier alpha value is -9.44. The predicted octanol–water partition coefficient (Wildman–Crippen LogP) is 18.1. The van der Waals surface area contributed by atoms with E-state index in [1.165, 1.54) is 82.9 Å². The molecule has 16 rings (SSSR count). The fourth-order valence-corrected chi connectivity index (χ4v) is 13.6. The van der Waals surface area contributed by atoms with Gasteiger partial charge >= 0.3 is 0 Å². The van der Waals surface area contributed by atoms with Gasteiger partial charge in [-0.05, 0) is 138 Å². The standard InChI is InChI=1S/C70H44N2O/c1-2-17-45(18-3-1)46-35-38-49(39-36-46)71(51-40-42-66-59(44-51)58-41-37-47-19-4-5-24-53(47)68(58)73-66)50-22-16-23-52(43-50)72-69(60-29-10-6-25-54(60)55-26-7-11-30-61(55)69)64-33-14-20-48-21-15-34-65(67(48)64)70(72)62-31-12-8-27-56(62)57-28-9-13-32-63(57)70/h1-44H. The average Bonchev–Trinajstić information content (AvgIpc) is 4.09. The van der Waals surface area contributed by atoms with Gasteiger partial charge < -0.3 is 14.2 Å². The molecule has 13 aromatic rings. The second-order valence-corrected chi connectivity index (χ2v) is 19.9. The summed E-state index contributed by atoms with van der Waals surface area (Å²) in [6.45, 7) is 0. The Morgan fingerprint density at radius 1 is 0.315 bits per heavy atom. The molecule has 1 aliphatic heterocycles. The molecule has 2 heterocycles. The number of anilines is 4. The molecular weight excluding hydrogens is 885 g/mol. The summed E-state index contributed by atoms with van der Waals surface area (Å²) in [5.74, 6) is 0. The van der Waals surface area contributed by atoms with Crippen LogP contribution in [-0.2, 0) is 11.1 Å². The van der Waals surface area contributed by atoms with Crippen molar-refractivity contribution in [2.45, 2.75) is 11.1 Å². The van der Waals surface area contributed by atoms with Crippen molar-refractivity contribution in [1.82, 2.24) is 0 Å². The highest BCUT2D eigenvalue weighted by molar-refractivity contribution is 6.16. The number of hydrogen-bond acceptors (Lipinski definition) is 3. The number of nitrogens with zero attached hydrogens (tertiary/aromatic N) is 2. The van der Waals surface area contributed by atoms with Crippen molar-refractivity contribution in [3.05, 3.63) is 300 Å². The quantitative estimate of drug-likeness (QED) is 0.171. The van der Waals surface area contributed by atoms with Gasteiger partial charge in [-0.2, -0.15) is 0 Å². The summed E-state index contributed by atoms with van der Waals surface area (Å²) < 4.78 is 6.72. The van der Waals surface area contributed by atoms with Crippen molar-refractivity contribution in [2.75, 3.05) is 9.80 Å². The molecule has 3 aliphatic rings. The monoisotopic (exact) mass is 928 g/mol. The molecule has 2 aliphatic carbocycles. The maximum atomic E-state index is 6.72. The van der Waals surface area contributed by atoms with E-state index in [9.17, 15) is 0 Å². The normalized spacial score (nSPS) is 14.2. The van der Waals surface area contributed by atoms with E-state index in [1.54, 1.807) is 0 Å². The molecule has 0 saturated carbocycles. The molecule has 3 nitrogen and oxygen atoms in total. The molecule has 12 aromatic carbocycles. The van der Waals surface area contributed by atoms with E-state index in [-0.39, 0.29) is 0 Å². The van der Waals surface area contributed by atoms with Gasteiger partial charge in [-0.25, -0.2) is 0 Å². The van der Waals surface area contributed by atoms with Gasteiger partial charge in [-0.1, -0.05) is 212 Å². The summed E-state index contributed by atoms with van der Waals surface area (Å²) in [5, 5.41) is 7.02. The Bertz CT molecular complexity index is 4180. The van der Waals surface area contributed by atoms with Gasteiger partial charge in [-0.3, -0.25) is 0 Å². The lowest BCUT2D eigenvalue weighted by molar-refractivity contribution is 0.444. The second kappa shape index (κ2) is 15.0. The topological polar surface area (TPSA) is 19.6 Å². The maximum Gasteiger partial charge on any atom is 0.143 e. The lowest BCUT2D eigenvalue weighted by Gasteiger charge is -2.58. The van der Waals surface area contributed by atoms with Crippen LogP contribution in [0.1, 0.15) is 33.4 Å². The molecule has 3 heteroatoms. The minimum absolute atomic E-state index is 0.774. The Morgan fingerprint density at radius 2 is 0.808 bits per heavy atom. The molecule has 1 aromatic heterocycles. The summed E-state index contributed by atoms with van der Waals surface area (Å²) in [6, 6.07) is 99.4. The van der Waals surface area contributed by atoms with Crippen LogP contribution in [0, 0.1) is 0 Å². The van der Waals surface area contributed by atoms with Crippen molar-refractivity contribution >= 4 is 66.2 Å². The smallest absolute Gasteiger partial charge is 0.143 e. The minimum atomic E-state index is -0.774. The molecule has 0 radical (unpaired) electrons. The van der Waals surface area contributed by atoms with Crippen molar-refractivity contribution < 1.29 is 4.42 Å². The summed E-state index contributed by atoms with van der Waals surface area (Å²) in [4.78, 5) is 5.28. The van der Waals surface area contributed by atoms with Gasteiger partial charge in [0.2, 0.25) is 0 Å². The maximum absolute atomic E-state index is 6.72. The van der Waals surface area contributed by atoms with Gasteiger partial charge in [0.1, 0.15) is 22.2 Å². The minimum Gasteiger partial charge on any atom is -0.455 e. The average molecular weight is 929 g/mol. The predicted molar refractivity (Wildman–Crippen MR) is 301 cm³/mol. The second-order valence-electron chi connectivity index (χ2n) is 19.9. The van der Waals surface area contributed by atoms with Crippen LogP contribution in [0.5, 0.6) is 0 Å². The summed E-state index contributed by atoms with van der Waals surface area (Å²) in [6.07, 6.45) is 0. The Kier molecular flexibility index (Phi) is 8.30. The molecule has 0 unspecified atom stereocenters. The largest absolute Gasteiger partial charge is 0.455 e. The first-order valence-corrected chi connectivity index (χ1v) is 25.3. The first-order valence-electron chi connectivity index (χ1n) is 25.3. The van der Waals surface area contributed by atoms with Crippen molar-refractivity contribution in [3.63, 3.8) is 0 Å². The van der Waals surface area contributed by atoms with Crippen LogP contribution in [0.15, 0.2) is 271 Å². The van der Waals surface area contributed by atoms with Crippen LogP contribution in [-0.4, -0.2) is 0 Å². The molecular formula is C70H44N2O. The van der Waals surface area contributed by atoms with Crippen molar-refractivity contribution in [1.29, 1.82) is 0 Å². The van der Waals surface area contributed by atoms with Crippen molar-refractivity contribution in [2.24, 2.45) is 0 Å². The SMILES string of the molecule is c1ccc(-c2ccc(N(c3cccc(N4C5(c6ccccc6-c6ccccc65)c5cccc6cccc(c56)C45c4ccccc4-c4ccccc45)c3)c3ccc4oc5c6ccccc6ccc5c4c3)cc2)cc1. The molecule has 2 spiro atoms. The van der Waals surface area contributed by atoms with Gasteiger partial charge in [0.05, 0.1) is 0 Å². The molecule has 340 valence electrons. The molecule has 0 saturated heterocycles. The Morgan fingerprint density at radius 3 is 1.44 bits per heavy atom. The summed E-state index contributed by atoms with van der Waals surface area (Å²) in [7, 11) is 0. The first-order chi connectivity index (χ1) is 36.2. The third-order valence-electron chi connectivity index (χ3n) is 16.4. The lowest BCUT2D eigenvalue weighted by atomic mass is 9.64. The van der Waals surface area contributed by atoms with Gasteiger partial charge in [0.15, 0.2) is 0 Å². The molecule has 0 bridgehead atoms. The Balaban J connectivity index is 1.01. The highest BCUT2D eigenvalue weighted by atomic mass is 16.3. The zero-order chi connectivity index (χ0) is 47.8. The first kappa shape index (κ1) is 40.3. The highest BCUT2D eigenvalue weighted by Gasteiger charge is 2.63. The van der Waals surface area contributed by atoms with Crippen LogP contribution < -0.4 is 9.80 Å². The number of fused-ring (bicyclic) bond motifs is 17. The lowest BCUT2D eigenvalue weighted by Crippen LogP contribution is -2.61. The molecule has 0 fully saturated rings. The zero-order valence-electron chi connectivity index (χ0n) is 39.7. The van der Waals surface area contributed by atoms with E-state index < -0.39 is 11.1 Å². The van der Waals surface area contributed by atoms with Crippen LogP contribution >= 0.6 is 0 Å².